The molecule has 1 unspecified atom stereocenters. The van der Waals surface area contributed by atoms with Gasteiger partial charge in [-0.2, -0.15) is 0 Å². The van der Waals surface area contributed by atoms with Crippen LogP contribution in [-0.4, -0.2) is 104 Å². The molecule has 0 aromatic rings. The molecule has 0 heterocycles. The van der Waals surface area contributed by atoms with Crippen LogP contribution in [0.3, 0.4) is 0 Å². The summed E-state index contributed by atoms with van der Waals surface area (Å²) >= 11 is 0. The molecule has 0 fully saturated rings. The molecular formula is C19H36FNO8. The number of carbonyl (C=O) groups excluding carboxylic acids is 2. The predicted molar refractivity (Wildman–Crippen MR) is 104 cm³/mol. The van der Waals surface area contributed by atoms with E-state index in [2.05, 4.69) is 5.32 Å². The Balaban J connectivity index is 3.12. The molecule has 0 rings (SSSR count). The van der Waals surface area contributed by atoms with Gasteiger partial charge in [0.2, 0.25) is 5.91 Å². The van der Waals surface area contributed by atoms with Crippen LogP contribution in [0.4, 0.5) is 4.39 Å². The molecule has 0 aromatic heterocycles. The van der Waals surface area contributed by atoms with Gasteiger partial charge in [-0.05, 0) is 0 Å². The van der Waals surface area contributed by atoms with Gasteiger partial charge in [-0.25, -0.2) is 4.39 Å². The first kappa shape index (κ1) is 27.8. The fraction of sp³-hybridized carbons (Fsp3) is 0.895. The Morgan fingerprint density at radius 3 is 1.59 bits per heavy atom. The fourth-order valence-corrected chi connectivity index (χ4v) is 1.81. The van der Waals surface area contributed by atoms with Crippen molar-refractivity contribution in [3.63, 3.8) is 0 Å². The van der Waals surface area contributed by atoms with E-state index in [0.717, 1.165) is 0 Å². The van der Waals surface area contributed by atoms with Crippen molar-refractivity contribution in [3.05, 3.63) is 0 Å². The second-order valence-electron chi connectivity index (χ2n) is 6.00. The summed E-state index contributed by atoms with van der Waals surface area (Å²) in [6.07, 6.45) is -0.738. The van der Waals surface area contributed by atoms with Crippen LogP contribution in [0.5, 0.6) is 0 Å². The number of hydrogen-bond donors (Lipinski definition) is 1. The van der Waals surface area contributed by atoms with E-state index in [1.807, 2.05) is 0 Å². The highest BCUT2D eigenvalue weighted by molar-refractivity contribution is 5.79. The van der Waals surface area contributed by atoms with Gasteiger partial charge < -0.3 is 33.7 Å². The first-order valence-electron chi connectivity index (χ1n) is 9.92. The molecule has 172 valence electrons. The molecule has 0 saturated carbocycles. The standard InChI is InChI=1S/C19H36FNO8/c1-3-19(23)16-29-13-11-27-9-7-25-5-4-24-6-8-26-10-12-28-15-18(20)14-21-17(2)22/h18H,3-16H2,1-2H3,(H,21,22). The molecule has 1 atom stereocenters. The zero-order valence-electron chi connectivity index (χ0n) is 17.6. The highest BCUT2D eigenvalue weighted by Gasteiger charge is 2.06. The number of nitrogens with one attached hydrogen (secondary N) is 1. The number of ketones is 1. The van der Waals surface area contributed by atoms with Gasteiger partial charge in [-0.15, -0.1) is 0 Å². The van der Waals surface area contributed by atoms with E-state index < -0.39 is 6.17 Å². The average molecular weight is 425 g/mol. The molecule has 0 aliphatic rings. The van der Waals surface area contributed by atoms with Crippen molar-refractivity contribution in [2.75, 3.05) is 85.8 Å². The number of carbonyl (C=O) groups is 2. The number of Topliss-reactive ketones (excluding diaryl/α,β-unsaturated/α-hetero) is 1. The minimum absolute atomic E-state index is 0.0478. The highest BCUT2D eigenvalue weighted by atomic mass is 19.1. The van der Waals surface area contributed by atoms with Gasteiger partial charge in [0.1, 0.15) is 12.8 Å². The Morgan fingerprint density at radius 1 is 0.759 bits per heavy atom. The van der Waals surface area contributed by atoms with Crippen LogP contribution in [0.15, 0.2) is 0 Å². The Bertz CT molecular complexity index is 400. The third-order valence-corrected chi connectivity index (χ3v) is 3.39. The molecule has 10 heteroatoms. The van der Waals surface area contributed by atoms with E-state index in [0.29, 0.717) is 65.9 Å². The van der Waals surface area contributed by atoms with Crippen LogP contribution >= 0.6 is 0 Å². The summed E-state index contributed by atoms with van der Waals surface area (Å²) in [5.74, 6) is -0.185. The molecule has 1 amide bonds. The maximum atomic E-state index is 13.3. The largest absolute Gasteiger partial charge is 0.377 e. The van der Waals surface area contributed by atoms with E-state index in [4.69, 9.17) is 28.4 Å². The van der Waals surface area contributed by atoms with Crippen molar-refractivity contribution in [1.29, 1.82) is 0 Å². The molecule has 0 radical (unpaired) electrons. The molecule has 0 bridgehead atoms. The Morgan fingerprint density at radius 2 is 1.17 bits per heavy atom. The maximum Gasteiger partial charge on any atom is 0.216 e. The number of ether oxygens (including phenoxy) is 6. The first-order chi connectivity index (χ1) is 14.1. The number of halogens is 1. The topological polar surface area (TPSA) is 102 Å². The molecule has 0 saturated heterocycles. The van der Waals surface area contributed by atoms with Crippen molar-refractivity contribution >= 4 is 11.7 Å². The van der Waals surface area contributed by atoms with E-state index in [1.165, 1.54) is 6.92 Å². The SMILES string of the molecule is CCC(=O)COCCOCCOCCOCCOCCOCC(F)CNC(C)=O. The Hall–Kier alpha value is -1.17. The molecule has 9 nitrogen and oxygen atoms in total. The summed E-state index contributed by atoms with van der Waals surface area (Å²) in [6, 6.07) is 0. The fourth-order valence-electron chi connectivity index (χ4n) is 1.81. The number of hydrogen-bond acceptors (Lipinski definition) is 8. The van der Waals surface area contributed by atoms with Gasteiger partial charge in [0.05, 0.1) is 79.2 Å². The quantitative estimate of drug-likeness (QED) is 0.251. The van der Waals surface area contributed by atoms with Crippen molar-refractivity contribution in [2.24, 2.45) is 0 Å². The van der Waals surface area contributed by atoms with Crippen molar-refractivity contribution < 1.29 is 42.4 Å². The molecule has 1 N–H and O–H groups in total. The molecule has 0 aliphatic heterocycles. The van der Waals surface area contributed by atoms with E-state index in [9.17, 15) is 14.0 Å². The highest BCUT2D eigenvalue weighted by Crippen LogP contribution is 1.91. The number of rotatable bonds is 22. The van der Waals surface area contributed by atoms with Crippen LogP contribution < -0.4 is 5.32 Å². The smallest absolute Gasteiger partial charge is 0.216 e. The van der Waals surface area contributed by atoms with Gasteiger partial charge in [-0.1, -0.05) is 6.92 Å². The molecular weight excluding hydrogens is 389 g/mol. The predicted octanol–water partition coefficient (Wildman–Crippen LogP) is 0.539. The summed E-state index contributed by atoms with van der Waals surface area (Å²) < 4.78 is 44.8. The maximum absolute atomic E-state index is 13.3. The van der Waals surface area contributed by atoms with Crippen LogP contribution in [0.2, 0.25) is 0 Å². The second-order valence-corrected chi connectivity index (χ2v) is 6.00. The summed E-state index contributed by atoms with van der Waals surface area (Å²) in [5.41, 5.74) is 0. The van der Waals surface area contributed by atoms with Gasteiger partial charge in [0.15, 0.2) is 5.78 Å². The lowest BCUT2D eigenvalue weighted by atomic mass is 10.3. The first-order valence-corrected chi connectivity index (χ1v) is 9.92. The Kier molecular flexibility index (Phi) is 20.7. The molecule has 0 aliphatic carbocycles. The minimum Gasteiger partial charge on any atom is -0.377 e. The average Bonchev–Trinajstić information content (AvgIpc) is 2.71. The van der Waals surface area contributed by atoms with Gasteiger partial charge in [0.25, 0.3) is 0 Å². The van der Waals surface area contributed by atoms with Crippen molar-refractivity contribution in [2.45, 2.75) is 26.4 Å². The molecule has 0 spiro atoms. The monoisotopic (exact) mass is 425 g/mol. The Labute approximate surface area is 172 Å². The van der Waals surface area contributed by atoms with Gasteiger partial charge >= 0.3 is 0 Å². The van der Waals surface area contributed by atoms with E-state index >= 15 is 0 Å². The second kappa shape index (κ2) is 21.5. The third-order valence-electron chi connectivity index (χ3n) is 3.39. The van der Waals surface area contributed by atoms with Crippen LogP contribution in [0.1, 0.15) is 20.3 Å². The van der Waals surface area contributed by atoms with Gasteiger partial charge in [-0.3, -0.25) is 9.59 Å². The lowest BCUT2D eigenvalue weighted by Crippen LogP contribution is -2.30. The zero-order valence-corrected chi connectivity index (χ0v) is 17.6. The third kappa shape index (κ3) is 23.0. The van der Waals surface area contributed by atoms with Crippen LogP contribution in [0, 0.1) is 0 Å². The zero-order chi connectivity index (χ0) is 21.6. The normalized spacial score (nSPS) is 12.1. The summed E-state index contributed by atoms with van der Waals surface area (Å²) in [5, 5.41) is 2.38. The number of amides is 1. The van der Waals surface area contributed by atoms with Crippen molar-refractivity contribution in [3.8, 4) is 0 Å². The van der Waals surface area contributed by atoms with Crippen molar-refractivity contribution in [1.82, 2.24) is 5.32 Å². The minimum atomic E-state index is -1.22. The van der Waals surface area contributed by atoms with Crippen LogP contribution in [-0.2, 0) is 38.0 Å². The summed E-state index contributed by atoms with van der Waals surface area (Å²) in [7, 11) is 0. The van der Waals surface area contributed by atoms with Crippen LogP contribution in [0.25, 0.3) is 0 Å². The molecule has 0 aromatic carbocycles. The van der Waals surface area contributed by atoms with E-state index in [1.54, 1.807) is 6.92 Å². The summed E-state index contributed by atoms with van der Waals surface area (Å²) in [6.45, 7) is 7.28. The number of alkyl halides is 1. The molecule has 29 heavy (non-hydrogen) atoms. The summed E-state index contributed by atoms with van der Waals surface area (Å²) in [4.78, 5) is 21.6. The van der Waals surface area contributed by atoms with E-state index in [-0.39, 0.29) is 38.1 Å². The van der Waals surface area contributed by atoms with Gasteiger partial charge in [0, 0.05) is 13.3 Å². The lowest BCUT2D eigenvalue weighted by Gasteiger charge is -2.10. The lowest BCUT2D eigenvalue weighted by molar-refractivity contribution is -0.124.